The number of hydrogen-bond donors (Lipinski definition) is 1. The third-order valence-electron chi connectivity index (χ3n) is 2.14. The number of rotatable bonds is 4. The van der Waals surface area contributed by atoms with Crippen molar-refractivity contribution in [2.45, 2.75) is 39.4 Å². The lowest BCUT2D eigenvalue weighted by Crippen LogP contribution is -2.40. The van der Waals surface area contributed by atoms with Crippen LogP contribution in [0.2, 0.25) is 0 Å². The molecule has 0 aromatic heterocycles. The average molecular weight is 262 g/mol. The van der Waals surface area contributed by atoms with Crippen molar-refractivity contribution >= 4 is 5.91 Å². The molecule has 5 nitrogen and oxygen atoms in total. The molecule has 19 heavy (non-hydrogen) atoms. The largest absolute Gasteiger partial charge is 0.479 e. The summed E-state index contributed by atoms with van der Waals surface area (Å²) in [6.07, 6.45) is -0.753. The molecule has 1 unspecified atom stereocenters. The molecule has 0 fully saturated rings. The van der Waals surface area contributed by atoms with E-state index < -0.39 is 17.6 Å². The van der Waals surface area contributed by atoms with Crippen LogP contribution in [0.5, 0.6) is 5.75 Å². The smallest absolute Gasteiger partial charge is 0.284 e. The Bertz CT molecular complexity index is 486. The zero-order valence-corrected chi connectivity index (χ0v) is 11.6. The third kappa shape index (κ3) is 4.98. The molecule has 1 aromatic rings. The maximum Gasteiger partial charge on any atom is 0.284 e. The second kappa shape index (κ2) is 6.21. The molecule has 1 atom stereocenters. The third-order valence-corrected chi connectivity index (χ3v) is 2.14. The van der Waals surface area contributed by atoms with E-state index in [1.807, 2.05) is 26.8 Å². The molecule has 0 aliphatic rings. The van der Waals surface area contributed by atoms with Gasteiger partial charge in [0.15, 0.2) is 6.10 Å². The van der Waals surface area contributed by atoms with Gasteiger partial charge >= 0.3 is 0 Å². The zero-order valence-electron chi connectivity index (χ0n) is 11.6. The van der Waals surface area contributed by atoms with Crippen LogP contribution in [0.4, 0.5) is 0 Å². The SMILES string of the molecule is CC(Oc1ccccc1C#N)C(=O)NOC(C)(C)C. The average Bonchev–Trinajstić information content (AvgIpc) is 2.35. The van der Waals surface area contributed by atoms with Gasteiger partial charge in [-0.3, -0.25) is 9.63 Å². The Morgan fingerprint density at radius 1 is 1.37 bits per heavy atom. The first-order valence-electron chi connectivity index (χ1n) is 5.97. The van der Waals surface area contributed by atoms with E-state index in [0.717, 1.165) is 0 Å². The summed E-state index contributed by atoms with van der Waals surface area (Å²) in [6.45, 7) is 7.06. The first-order valence-corrected chi connectivity index (χ1v) is 5.97. The summed E-state index contributed by atoms with van der Waals surface area (Å²) in [5.74, 6) is -0.0222. The van der Waals surface area contributed by atoms with Crippen molar-refractivity contribution in [2.75, 3.05) is 0 Å². The van der Waals surface area contributed by atoms with Gasteiger partial charge in [-0.1, -0.05) is 12.1 Å². The van der Waals surface area contributed by atoms with Gasteiger partial charge < -0.3 is 4.74 Å². The highest BCUT2D eigenvalue weighted by atomic mass is 16.7. The lowest BCUT2D eigenvalue weighted by Gasteiger charge is -2.21. The zero-order chi connectivity index (χ0) is 14.5. The second-order valence-corrected chi connectivity index (χ2v) is 5.05. The van der Waals surface area contributed by atoms with Crippen LogP contribution in [-0.2, 0) is 9.63 Å². The van der Waals surface area contributed by atoms with Gasteiger partial charge in [0, 0.05) is 0 Å². The van der Waals surface area contributed by atoms with E-state index in [1.54, 1.807) is 31.2 Å². The van der Waals surface area contributed by atoms with E-state index in [9.17, 15) is 4.79 Å². The topological polar surface area (TPSA) is 71.3 Å². The molecule has 1 rings (SSSR count). The molecule has 0 spiro atoms. The van der Waals surface area contributed by atoms with Gasteiger partial charge in [-0.2, -0.15) is 5.26 Å². The van der Waals surface area contributed by atoms with Crippen molar-refractivity contribution in [3.05, 3.63) is 29.8 Å². The molecule has 1 N–H and O–H groups in total. The van der Waals surface area contributed by atoms with E-state index in [-0.39, 0.29) is 0 Å². The van der Waals surface area contributed by atoms with Crippen LogP contribution in [0, 0.1) is 11.3 Å². The Labute approximate surface area is 113 Å². The van der Waals surface area contributed by atoms with Gasteiger partial charge in [-0.15, -0.1) is 0 Å². The molecule has 0 saturated carbocycles. The molecular formula is C14H18N2O3. The van der Waals surface area contributed by atoms with Crippen molar-refractivity contribution in [3.8, 4) is 11.8 Å². The van der Waals surface area contributed by atoms with Crippen LogP contribution >= 0.6 is 0 Å². The first kappa shape index (κ1) is 15.0. The summed E-state index contributed by atoms with van der Waals surface area (Å²) >= 11 is 0. The summed E-state index contributed by atoms with van der Waals surface area (Å²) in [4.78, 5) is 16.9. The Balaban J connectivity index is 2.62. The van der Waals surface area contributed by atoms with E-state index in [4.69, 9.17) is 14.8 Å². The molecule has 5 heteroatoms. The quantitative estimate of drug-likeness (QED) is 0.844. The van der Waals surface area contributed by atoms with Gasteiger partial charge in [-0.05, 0) is 39.8 Å². The lowest BCUT2D eigenvalue weighted by molar-refractivity contribution is -0.151. The maximum absolute atomic E-state index is 11.7. The normalized spacial score (nSPS) is 12.4. The van der Waals surface area contributed by atoms with Gasteiger partial charge in [0.25, 0.3) is 5.91 Å². The molecule has 0 aliphatic carbocycles. The van der Waals surface area contributed by atoms with Crippen LogP contribution in [0.25, 0.3) is 0 Å². The number of carbonyl (C=O) groups excluding carboxylic acids is 1. The minimum absolute atomic E-state index is 0.378. The Hall–Kier alpha value is -2.06. The maximum atomic E-state index is 11.7. The van der Waals surface area contributed by atoms with Crippen molar-refractivity contribution in [2.24, 2.45) is 0 Å². The van der Waals surface area contributed by atoms with Crippen LogP contribution in [0.1, 0.15) is 33.3 Å². The molecule has 1 amide bonds. The van der Waals surface area contributed by atoms with Crippen LogP contribution in [0.3, 0.4) is 0 Å². The summed E-state index contributed by atoms with van der Waals surface area (Å²) in [7, 11) is 0. The van der Waals surface area contributed by atoms with Gasteiger partial charge in [0.2, 0.25) is 0 Å². The summed E-state index contributed by atoms with van der Waals surface area (Å²) < 4.78 is 5.45. The van der Waals surface area contributed by atoms with Gasteiger partial charge in [-0.25, -0.2) is 5.48 Å². The Kier molecular flexibility index (Phi) is 4.90. The monoisotopic (exact) mass is 262 g/mol. The first-order chi connectivity index (χ1) is 8.83. The number of para-hydroxylation sites is 1. The number of ether oxygens (including phenoxy) is 1. The number of nitriles is 1. The fraction of sp³-hybridized carbons (Fsp3) is 0.429. The minimum Gasteiger partial charge on any atom is -0.479 e. The number of nitrogens with zero attached hydrogens (tertiary/aromatic N) is 1. The number of benzene rings is 1. The fourth-order valence-electron chi connectivity index (χ4n) is 1.19. The molecule has 1 aromatic carbocycles. The fourth-order valence-corrected chi connectivity index (χ4v) is 1.19. The van der Waals surface area contributed by atoms with Crippen molar-refractivity contribution in [1.29, 1.82) is 5.26 Å². The number of amides is 1. The predicted octanol–water partition coefficient (Wildman–Crippen LogP) is 2.17. The summed E-state index contributed by atoms with van der Waals surface area (Å²) in [6, 6.07) is 8.76. The second-order valence-electron chi connectivity index (χ2n) is 5.05. The standard InChI is InChI=1S/C14H18N2O3/c1-10(13(17)16-19-14(2,3)4)18-12-8-6-5-7-11(12)9-15/h5-8,10H,1-4H3,(H,16,17). The Morgan fingerprint density at radius 3 is 2.58 bits per heavy atom. The van der Waals surface area contributed by atoms with Crippen LogP contribution in [-0.4, -0.2) is 17.6 Å². The lowest BCUT2D eigenvalue weighted by atomic mass is 10.2. The molecule has 0 bridgehead atoms. The molecule has 0 radical (unpaired) electrons. The van der Waals surface area contributed by atoms with Crippen LogP contribution < -0.4 is 10.2 Å². The van der Waals surface area contributed by atoms with E-state index in [0.29, 0.717) is 11.3 Å². The number of hydrogen-bond acceptors (Lipinski definition) is 4. The van der Waals surface area contributed by atoms with Gasteiger partial charge in [0.1, 0.15) is 11.8 Å². The minimum atomic E-state index is -0.753. The van der Waals surface area contributed by atoms with E-state index >= 15 is 0 Å². The molecule has 102 valence electrons. The summed E-state index contributed by atoms with van der Waals surface area (Å²) in [5, 5.41) is 8.92. The summed E-state index contributed by atoms with van der Waals surface area (Å²) in [5.41, 5.74) is 2.25. The number of carbonyl (C=O) groups is 1. The number of hydroxylamine groups is 1. The van der Waals surface area contributed by atoms with Crippen molar-refractivity contribution in [3.63, 3.8) is 0 Å². The van der Waals surface area contributed by atoms with Crippen molar-refractivity contribution < 1.29 is 14.4 Å². The molecule has 0 saturated heterocycles. The van der Waals surface area contributed by atoms with E-state index in [1.165, 1.54) is 0 Å². The molecular weight excluding hydrogens is 244 g/mol. The number of nitrogens with one attached hydrogen (secondary N) is 1. The molecule has 0 heterocycles. The van der Waals surface area contributed by atoms with E-state index in [2.05, 4.69) is 5.48 Å². The Morgan fingerprint density at radius 2 is 2.00 bits per heavy atom. The van der Waals surface area contributed by atoms with Crippen LogP contribution in [0.15, 0.2) is 24.3 Å². The van der Waals surface area contributed by atoms with Gasteiger partial charge in [0.05, 0.1) is 11.2 Å². The van der Waals surface area contributed by atoms with Crippen molar-refractivity contribution in [1.82, 2.24) is 5.48 Å². The molecule has 0 aliphatic heterocycles. The highest BCUT2D eigenvalue weighted by Gasteiger charge is 2.19. The highest BCUT2D eigenvalue weighted by Crippen LogP contribution is 2.18. The highest BCUT2D eigenvalue weighted by molar-refractivity contribution is 5.79. The predicted molar refractivity (Wildman–Crippen MR) is 70.2 cm³/mol.